The van der Waals surface area contributed by atoms with Gasteiger partial charge in [0.25, 0.3) is 5.91 Å². The van der Waals surface area contributed by atoms with Gasteiger partial charge in [-0.05, 0) is 72.1 Å². The van der Waals surface area contributed by atoms with Crippen LogP contribution >= 0.6 is 0 Å². The minimum absolute atomic E-state index is 0.102. The number of hydrogen-bond acceptors (Lipinski definition) is 6. The lowest BCUT2D eigenvalue weighted by Gasteiger charge is -2.28. The second-order valence-corrected chi connectivity index (χ2v) is 10.7. The van der Waals surface area contributed by atoms with Crippen molar-refractivity contribution in [2.45, 2.75) is 65.0 Å². The van der Waals surface area contributed by atoms with Crippen LogP contribution in [0.4, 0.5) is 5.69 Å². The molecule has 1 fully saturated rings. The van der Waals surface area contributed by atoms with E-state index in [0.717, 1.165) is 46.7 Å². The van der Waals surface area contributed by atoms with E-state index in [1.54, 1.807) is 4.90 Å². The third-order valence-electron chi connectivity index (χ3n) is 7.67. The molecule has 0 bridgehead atoms. The molecule has 1 saturated heterocycles. The van der Waals surface area contributed by atoms with Crippen LogP contribution < -0.4 is 20.1 Å². The number of amides is 2. The quantitative estimate of drug-likeness (QED) is 0.263. The molecule has 2 N–H and O–H groups in total. The fourth-order valence-corrected chi connectivity index (χ4v) is 5.20. The second-order valence-electron chi connectivity index (χ2n) is 10.7. The molecule has 5 rings (SSSR count). The maximum Gasteiger partial charge on any atom is 0.255 e. The normalized spacial score (nSPS) is 15.0. The van der Waals surface area contributed by atoms with E-state index in [-0.39, 0.29) is 17.9 Å². The molecule has 0 radical (unpaired) electrons. The van der Waals surface area contributed by atoms with Crippen molar-refractivity contribution in [1.29, 1.82) is 0 Å². The lowest BCUT2D eigenvalue weighted by atomic mass is 10.1. The van der Waals surface area contributed by atoms with Crippen LogP contribution in [0.5, 0.6) is 11.5 Å². The van der Waals surface area contributed by atoms with Gasteiger partial charge in [0.1, 0.15) is 30.3 Å². The van der Waals surface area contributed by atoms with E-state index in [1.165, 1.54) is 11.8 Å². The van der Waals surface area contributed by atoms with Gasteiger partial charge in [-0.15, -0.1) is 0 Å². The van der Waals surface area contributed by atoms with Crippen LogP contribution in [0, 0.1) is 0 Å². The number of benzene rings is 3. The lowest BCUT2D eigenvalue weighted by molar-refractivity contribution is -0.125. The Morgan fingerprint density at radius 3 is 2.57 bits per heavy atom. The number of hydrogen-bond donors (Lipinski definition) is 2. The summed E-state index contributed by atoms with van der Waals surface area (Å²) in [6, 6.07) is 19.5. The first-order valence-electron chi connectivity index (χ1n) is 14.7. The van der Waals surface area contributed by atoms with Crippen LogP contribution in [-0.4, -0.2) is 42.1 Å². The SMILES string of the molecule is C=CNC(=O)C(CCC)N1Cc2cc(CNc3ccc(OCc4ccc(CC)cc4OC4COC4)cc3)ccc2C1=O. The zero-order valence-electron chi connectivity index (χ0n) is 24.4. The number of aryl methyl sites for hydroxylation is 1. The Labute approximate surface area is 247 Å². The van der Waals surface area contributed by atoms with Gasteiger partial charge in [-0.1, -0.05) is 51.1 Å². The molecule has 2 heterocycles. The Hall–Kier alpha value is -4.30. The largest absolute Gasteiger partial charge is 0.489 e. The summed E-state index contributed by atoms with van der Waals surface area (Å²) in [6.07, 6.45) is 3.82. The standard InChI is InChI=1S/C34H39N3O5/c1-4-7-31(33(38)35-6-3)37-19-26-16-24(9-15-30(26)34(37)39)18-36-27-11-13-28(14-12-27)41-20-25-10-8-23(5-2)17-32(25)42-29-21-40-22-29/h6,8-17,29,31,36H,3-5,7,18-22H2,1-2H3,(H,35,38). The molecule has 2 aliphatic rings. The summed E-state index contributed by atoms with van der Waals surface area (Å²) in [7, 11) is 0. The number of carbonyl (C=O) groups excluding carboxylic acids is 2. The van der Waals surface area contributed by atoms with Crippen molar-refractivity contribution in [3.63, 3.8) is 0 Å². The van der Waals surface area contributed by atoms with E-state index in [2.05, 4.69) is 42.3 Å². The highest BCUT2D eigenvalue weighted by molar-refractivity contribution is 6.01. The monoisotopic (exact) mass is 569 g/mol. The smallest absolute Gasteiger partial charge is 0.255 e. The van der Waals surface area contributed by atoms with Gasteiger partial charge in [-0.3, -0.25) is 9.59 Å². The number of anilines is 1. The molecule has 0 aromatic heterocycles. The first-order valence-corrected chi connectivity index (χ1v) is 14.7. The van der Waals surface area contributed by atoms with E-state index < -0.39 is 6.04 Å². The van der Waals surface area contributed by atoms with E-state index in [0.29, 0.717) is 44.9 Å². The van der Waals surface area contributed by atoms with Crippen molar-refractivity contribution >= 4 is 17.5 Å². The Morgan fingerprint density at radius 2 is 1.88 bits per heavy atom. The van der Waals surface area contributed by atoms with Crippen LogP contribution in [0.1, 0.15) is 59.3 Å². The topological polar surface area (TPSA) is 89.1 Å². The van der Waals surface area contributed by atoms with Crippen LogP contribution in [-0.2, 0) is 35.6 Å². The van der Waals surface area contributed by atoms with Crippen molar-refractivity contribution in [2.75, 3.05) is 18.5 Å². The minimum atomic E-state index is -0.512. The van der Waals surface area contributed by atoms with Crippen LogP contribution in [0.15, 0.2) is 73.4 Å². The zero-order valence-corrected chi connectivity index (χ0v) is 24.4. The highest BCUT2D eigenvalue weighted by atomic mass is 16.6. The summed E-state index contributed by atoms with van der Waals surface area (Å²) in [5, 5.41) is 6.09. The predicted molar refractivity (Wildman–Crippen MR) is 163 cm³/mol. The summed E-state index contributed by atoms with van der Waals surface area (Å²) in [5.74, 6) is 1.33. The average Bonchev–Trinajstić information content (AvgIpc) is 3.31. The van der Waals surface area contributed by atoms with Gasteiger partial charge in [0.05, 0.1) is 13.2 Å². The van der Waals surface area contributed by atoms with E-state index in [9.17, 15) is 9.59 Å². The van der Waals surface area contributed by atoms with Crippen LogP contribution in [0.3, 0.4) is 0 Å². The second kappa shape index (κ2) is 13.6. The molecule has 1 atom stereocenters. The molecule has 8 nitrogen and oxygen atoms in total. The van der Waals surface area contributed by atoms with Gasteiger partial charge in [-0.25, -0.2) is 0 Å². The van der Waals surface area contributed by atoms with Crippen molar-refractivity contribution in [3.8, 4) is 11.5 Å². The minimum Gasteiger partial charge on any atom is -0.489 e. The van der Waals surface area contributed by atoms with Gasteiger partial charge in [0.2, 0.25) is 5.91 Å². The maximum absolute atomic E-state index is 13.1. The van der Waals surface area contributed by atoms with Crippen molar-refractivity contribution in [1.82, 2.24) is 10.2 Å². The molecule has 220 valence electrons. The van der Waals surface area contributed by atoms with E-state index in [1.807, 2.05) is 49.4 Å². The number of fused-ring (bicyclic) bond motifs is 1. The van der Waals surface area contributed by atoms with Gasteiger partial charge in [0, 0.05) is 29.9 Å². The van der Waals surface area contributed by atoms with Crippen molar-refractivity contribution < 1.29 is 23.8 Å². The molecule has 0 saturated carbocycles. The third kappa shape index (κ3) is 6.77. The first-order chi connectivity index (χ1) is 20.5. The predicted octanol–water partition coefficient (Wildman–Crippen LogP) is 5.60. The molecule has 0 aliphatic carbocycles. The molecule has 42 heavy (non-hydrogen) atoms. The van der Waals surface area contributed by atoms with Crippen LogP contribution in [0.2, 0.25) is 0 Å². The molecular formula is C34H39N3O5. The summed E-state index contributed by atoms with van der Waals surface area (Å²) in [4.78, 5) is 27.3. The highest BCUT2D eigenvalue weighted by Crippen LogP contribution is 2.29. The lowest BCUT2D eigenvalue weighted by Crippen LogP contribution is -2.45. The summed E-state index contributed by atoms with van der Waals surface area (Å²) >= 11 is 0. The number of nitrogens with zero attached hydrogens (tertiary/aromatic N) is 1. The van der Waals surface area contributed by atoms with Gasteiger partial charge < -0.3 is 29.7 Å². The third-order valence-corrected chi connectivity index (χ3v) is 7.67. The summed E-state index contributed by atoms with van der Waals surface area (Å²) in [5.41, 5.74) is 5.87. The number of ether oxygens (including phenoxy) is 3. The Balaban J connectivity index is 1.16. The van der Waals surface area contributed by atoms with Crippen molar-refractivity contribution in [3.05, 3.63) is 101 Å². The Bertz CT molecular complexity index is 1420. The molecule has 3 aromatic carbocycles. The molecule has 1 unspecified atom stereocenters. The Kier molecular flexibility index (Phi) is 9.44. The fourth-order valence-electron chi connectivity index (χ4n) is 5.20. The molecule has 2 aliphatic heterocycles. The summed E-state index contributed by atoms with van der Waals surface area (Å²) in [6.45, 7) is 10.4. The summed E-state index contributed by atoms with van der Waals surface area (Å²) < 4.78 is 17.5. The van der Waals surface area contributed by atoms with Crippen LogP contribution in [0.25, 0.3) is 0 Å². The zero-order chi connectivity index (χ0) is 29.5. The number of nitrogens with one attached hydrogen (secondary N) is 2. The Morgan fingerprint density at radius 1 is 1.10 bits per heavy atom. The van der Waals surface area contributed by atoms with Crippen molar-refractivity contribution in [2.24, 2.45) is 0 Å². The molecule has 2 amide bonds. The number of carbonyl (C=O) groups is 2. The maximum atomic E-state index is 13.1. The van der Waals surface area contributed by atoms with Gasteiger partial charge in [-0.2, -0.15) is 0 Å². The first kappa shape index (κ1) is 29.2. The fraction of sp³-hybridized carbons (Fsp3) is 0.353. The van der Waals surface area contributed by atoms with Gasteiger partial charge >= 0.3 is 0 Å². The molecule has 3 aromatic rings. The average molecular weight is 570 g/mol. The van der Waals surface area contributed by atoms with E-state index in [4.69, 9.17) is 14.2 Å². The molecule has 8 heteroatoms. The number of rotatable bonds is 14. The highest BCUT2D eigenvalue weighted by Gasteiger charge is 2.35. The molecular weight excluding hydrogens is 530 g/mol. The van der Waals surface area contributed by atoms with E-state index >= 15 is 0 Å². The van der Waals surface area contributed by atoms with Gasteiger partial charge in [0.15, 0.2) is 0 Å². The molecule has 0 spiro atoms.